The van der Waals surface area contributed by atoms with Crippen LogP contribution in [-0.2, 0) is 9.53 Å². The minimum atomic E-state index is 0.106. The molecule has 22 heavy (non-hydrogen) atoms. The van der Waals surface area contributed by atoms with Crippen molar-refractivity contribution in [3.63, 3.8) is 0 Å². The molecule has 0 saturated heterocycles. The summed E-state index contributed by atoms with van der Waals surface area (Å²) in [7, 11) is 0. The molecule has 2 aliphatic carbocycles. The Balaban J connectivity index is 1.44. The number of Topliss-reactive ketones (excluding diaryl/α,β-unsaturated/α-hetero) is 1. The number of rotatable bonds is 8. The Kier molecular flexibility index (Phi) is 4.68. The van der Waals surface area contributed by atoms with Gasteiger partial charge in [-0.25, -0.2) is 4.98 Å². The molecule has 0 radical (unpaired) electrons. The number of hydrogen-bond acceptors (Lipinski definition) is 4. The predicted molar refractivity (Wildman–Crippen MR) is 84.6 cm³/mol. The monoisotopic (exact) mass is 299 g/mol. The quantitative estimate of drug-likeness (QED) is 0.692. The van der Waals surface area contributed by atoms with Crippen LogP contribution in [0.2, 0.25) is 0 Å². The highest BCUT2D eigenvalue weighted by molar-refractivity contribution is 5.79. The molecule has 1 fully saturated rings. The molecule has 4 heteroatoms. The van der Waals surface area contributed by atoms with E-state index in [-0.39, 0.29) is 12.4 Å². The van der Waals surface area contributed by atoms with E-state index in [4.69, 9.17) is 9.47 Å². The van der Waals surface area contributed by atoms with Gasteiger partial charge < -0.3 is 9.47 Å². The zero-order chi connectivity index (χ0) is 15.4. The highest BCUT2D eigenvalue weighted by atomic mass is 16.5. The maximum atomic E-state index is 11.1. The van der Waals surface area contributed by atoms with Crippen LogP contribution in [0.25, 0.3) is 5.57 Å². The molecule has 4 nitrogen and oxygen atoms in total. The van der Waals surface area contributed by atoms with Gasteiger partial charge in [-0.05, 0) is 35.5 Å². The van der Waals surface area contributed by atoms with Gasteiger partial charge in [-0.15, -0.1) is 0 Å². The van der Waals surface area contributed by atoms with Gasteiger partial charge in [0.15, 0.2) is 5.78 Å². The van der Waals surface area contributed by atoms with E-state index in [0.717, 1.165) is 17.4 Å². The third kappa shape index (κ3) is 3.83. The van der Waals surface area contributed by atoms with Crippen LogP contribution < -0.4 is 4.74 Å². The average Bonchev–Trinajstić information content (AvgIpc) is 3.33. The largest absolute Gasteiger partial charge is 0.475 e. The molecule has 3 rings (SSSR count). The molecule has 1 aromatic rings. The Morgan fingerprint density at radius 1 is 1.32 bits per heavy atom. The van der Waals surface area contributed by atoms with Crippen LogP contribution in [0.1, 0.15) is 25.3 Å². The molecular formula is C18H21NO3. The molecule has 1 saturated carbocycles. The number of ketones is 1. The number of nitrogens with zero attached hydrogens (tertiary/aromatic N) is 1. The third-order valence-electron chi connectivity index (χ3n) is 4.01. The Morgan fingerprint density at radius 2 is 2.23 bits per heavy atom. The van der Waals surface area contributed by atoms with Crippen molar-refractivity contribution < 1.29 is 14.3 Å². The summed E-state index contributed by atoms with van der Waals surface area (Å²) in [5.41, 5.74) is 2.37. The zero-order valence-electron chi connectivity index (χ0n) is 12.8. The molecule has 2 atom stereocenters. The second kappa shape index (κ2) is 6.88. The molecular weight excluding hydrogens is 278 g/mol. The summed E-state index contributed by atoms with van der Waals surface area (Å²) in [5.74, 6) is 2.20. The number of ether oxygens (including phenoxy) is 2. The van der Waals surface area contributed by atoms with Crippen molar-refractivity contribution in [2.45, 2.75) is 19.8 Å². The van der Waals surface area contributed by atoms with Gasteiger partial charge in [0.25, 0.3) is 0 Å². The van der Waals surface area contributed by atoms with Gasteiger partial charge in [0, 0.05) is 18.7 Å². The lowest BCUT2D eigenvalue weighted by molar-refractivity contribution is -0.123. The number of aromatic nitrogens is 1. The van der Waals surface area contributed by atoms with E-state index in [1.54, 1.807) is 0 Å². The van der Waals surface area contributed by atoms with E-state index >= 15 is 0 Å². The highest BCUT2D eigenvalue weighted by Gasteiger charge is 2.35. The molecule has 1 aromatic heterocycles. The van der Waals surface area contributed by atoms with E-state index in [2.05, 4.69) is 23.2 Å². The van der Waals surface area contributed by atoms with E-state index in [1.807, 2.05) is 25.3 Å². The third-order valence-corrected chi connectivity index (χ3v) is 4.01. The lowest BCUT2D eigenvalue weighted by atomic mass is 10.0. The van der Waals surface area contributed by atoms with Gasteiger partial charge in [-0.3, -0.25) is 4.79 Å². The lowest BCUT2D eigenvalue weighted by Gasteiger charge is -2.08. The van der Waals surface area contributed by atoms with E-state index in [9.17, 15) is 4.79 Å². The first kappa shape index (κ1) is 15.0. The first-order valence-electron chi connectivity index (χ1n) is 7.85. The van der Waals surface area contributed by atoms with Gasteiger partial charge in [0.2, 0.25) is 5.88 Å². The van der Waals surface area contributed by atoms with Gasteiger partial charge >= 0.3 is 0 Å². The molecule has 116 valence electrons. The van der Waals surface area contributed by atoms with Crippen LogP contribution in [-0.4, -0.2) is 30.6 Å². The fourth-order valence-electron chi connectivity index (χ4n) is 2.48. The van der Waals surface area contributed by atoms with Crippen molar-refractivity contribution in [3.8, 4) is 5.88 Å². The molecule has 1 heterocycles. The Bertz CT molecular complexity index is 589. The number of carbonyl (C=O) groups is 1. The van der Waals surface area contributed by atoms with Crippen molar-refractivity contribution in [3.05, 3.63) is 42.1 Å². The molecule has 2 aliphatic rings. The summed E-state index contributed by atoms with van der Waals surface area (Å²) in [6, 6.07) is 3.91. The standard InChI is InChI=1S/C18H21NO3/c1-2-17(20)12-21-7-8-22-18-6-5-15(11-19-18)13-3-4-14-10-16(14)9-13/h3-6,9,11,14,16H,2,7-8,10,12H2,1H3. The van der Waals surface area contributed by atoms with Crippen molar-refractivity contribution in [1.29, 1.82) is 0 Å². The summed E-state index contributed by atoms with van der Waals surface area (Å²) in [6.45, 7) is 2.78. The highest BCUT2D eigenvalue weighted by Crippen LogP contribution is 2.45. The van der Waals surface area contributed by atoms with E-state index in [1.165, 1.54) is 12.0 Å². The zero-order valence-corrected chi connectivity index (χ0v) is 12.8. The number of allylic oxidation sites excluding steroid dienone is 4. The molecule has 0 amide bonds. The van der Waals surface area contributed by atoms with Crippen LogP contribution in [0, 0.1) is 11.8 Å². The smallest absolute Gasteiger partial charge is 0.213 e. The van der Waals surface area contributed by atoms with Crippen LogP contribution in [0.5, 0.6) is 5.88 Å². The van der Waals surface area contributed by atoms with Crippen molar-refractivity contribution >= 4 is 11.4 Å². The summed E-state index contributed by atoms with van der Waals surface area (Å²) < 4.78 is 10.7. The summed E-state index contributed by atoms with van der Waals surface area (Å²) in [5, 5.41) is 0. The fourth-order valence-corrected chi connectivity index (χ4v) is 2.48. The lowest BCUT2D eigenvalue weighted by Crippen LogP contribution is -2.13. The number of carbonyl (C=O) groups excluding carboxylic acids is 1. The van der Waals surface area contributed by atoms with Crippen molar-refractivity contribution in [2.75, 3.05) is 19.8 Å². The summed E-state index contributed by atoms with van der Waals surface area (Å²) in [6.07, 6.45) is 10.4. The van der Waals surface area contributed by atoms with Crippen LogP contribution in [0.3, 0.4) is 0 Å². The Morgan fingerprint density at radius 3 is 2.95 bits per heavy atom. The average molecular weight is 299 g/mol. The minimum absolute atomic E-state index is 0.106. The van der Waals surface area contributed by atoms with Crippen LogP contribution in [0.15, 0.2) is 36.6 Å². The second-order valence-corrected chi connectivity index (χ2v) is 5.72. The minimum Gasteiger partial charge on any atom is -0.475 e. The van der Waals surface area contributed by atoms with Crippen molar-refractivity contribution in [2.24, 2.45) is 11.8 Å². The van der Waals surface area contributed by atoms with E-state index in [0.29, 0.717) is 25.5 Å². The molecule has 0 N–H and O–H groups in total. The normalized spacial score (nSPS) is 22.0. The first-order valence-corrected chi connectivity index (χ1v) is 7.85. The molecule has 0 bridgehead atoms. The van der Waals surface area contributed by atoms with E-state index < -0.39 is 0 Å². The van der Waals surface area contributed by atoms with Gasteiger partial charge in [-0.1, -0.05) is 25.2 Å². The number of pyridine rings is 1. The van der Waals surface area contributed by atoms with Gasteiger partial charge in [0.1, 0.15) is 13.2 Å². The maximum Gasteiger partial charge on any atom is 0.213 e. The SMILES string of the molecule is CCC(=O)COCCOc1ccc(C2=CC3CC3C=C2)cn1. The topological polar surface area (TPSA) is 48.4 Å². The van der Waals surface area contributed by atoms with Crippen LogP contribution in [0.4, 0.5) is 0 Å². The molecule has 2 unspecified atom stereocenters. The van der Waals surface area contributed by atoms with Gasteiger partial charge in [-0.2, -0.15) is 0 Å². The maximum absolute atomic E-state index is 11.1. The Hall–Kier alpha value is -1.94. The predicted octanol–water partition coefficient (Wildman–Crippen LogP) is 3.05. The summed E-state index contributed by atoms with van der Waals surface area (Å²) in [4.78, 5) is 15.4. The van der Waals surface area contributed by atoms with Crippen LogP contribution >= 0.6 is 0 Å². The Labute approximate surface area is 130 Å². The molecule has 0 aromatic carbocycles. The number of hydrogen-bond donors (Lipinski definition) is 0. The van der Waals surface area contributed by atoms with Crippen molar-refractivity contribution in [1.82, 2.24) is 4.98 Å². The van der Waals surface area contributed by atoms with Gasteiger partial charge in [0.05, 0.1) is 6.61 Å². The number of fused-ring (bicyclic) bond motifs is 1. The first-order chi connectivity index (χ1) is 10.8. The second-order valence-electron chi connectivity index (χ2n) is 5.72. The molecule has 0 spiro atoms. The summed E-state index contributed by atoms with van der Waals surface area (Å²) >= 11 is 0. The molecule has 0 aliphatic heterocycles. The fraction of sp³-hybridized carbons (Fsp3) is 0.444.